The molecule has 0 amide bonds. The Morgan fingerprint density at radius 1 is 1.29 bits per heavy atom. The first-order chi connectivity index (χ1) is 6.65. The van der Waals surface area contributed by atoms with Gasteiger partial charge in [-0.25, -0.2) is 0 Å². The van der Waals surface area contributed by atoms with Gasteiger partial charge in [0.15, 0.2) is 0 Å². The summed E-state index contributed by atoms with van der Waals surface area (Å²) < 4.78 is 9.98. The van der Waals surface area contributed by atoms with Gasteiger partial charge in [-0.3, -0.25) is 9.59 Å². The van der Waals surface area contributed by atoms with Gasteiger partial charge in [0, 0.05) is 0 Å². The van der Waals surface area contributed by atoms with E-state index in [1.165, 1.54) is 7.11 Å². The lowest BCUT2D eigenvalue weighted by atomic mass is 9.79. The van der Waals surface area contributed by atoms with Crippen LogP contribution < -0.4 is 0 Å². The molecule has 0 saturated carbocycles. The fraction of sp³-hybridized carbons (Fsp3) is 0.778. The molecule has 2 heterocycles. The Kier molecular flexibility index (Phi) is 2.19. The predicted octanol–water partition coefficient (Wildman–Crippen LogP) is 0.0376. The van der Waals surface area contributed by atoms with E-state index < -0.39 is 23.8 Å². The second-order valence-corrected chi connectivity index (χ2v) is 3.70. The summed E-state index contributed by atoms with van der Waals surface area (Å²) in [7, 11) is 1.27. The third-order valence-corrected chi connectivity index (χ3v) is 3.03. The van der Waals surface area contributed by atoms with Crippen molar-refractivity contribution in [3.63, 3.8) is 0 Å². The first-order valence-corrected chi connectivity index (χ1v) is 4.61. The van der Waals surface area contributed by atoms with E-state index in [-0.39, 0.29) is 12.2 Å². The molecule has 4 atom stereocenters. The van der Waals surface area contributed by atoms with Gasteiger partial charge in [-0.05, 0) is 12.8 Å². The Hall–Kier alpha value is -1.10. The number of aliphatic carboxylic acids is 1. The third-order valence-electron chi connectivity index (χ3n) is 3.03. The Labute approximate surface area is 81.0 Å². The minimum Gasteiger partial charge on any atom is -0.481 e. The number of carboxylic acids is 1. The van der Waals surface area contributed by atoms with Crippen LogP contribution in [0.25, 0.3) is 0 Å². The average molecular weight is 200 g/mol. The highest BCUT2D eigenvalue weighted by atomic mass is 16.5. The number of carbonyl (C=O) groups is 2. The van der Waals surface area contributed by atoms with Crippen molar-refractivity contribution in [3.8, 4) is 0 Å². The fourth-order valence-corrected chi connectivity index (χ4v) is 2.43. The van der Waals surface area contributed by atoms with Crippen LogP contribution in [0.15, 0.2) is 0 Å². The topological polar surface area (TPSA) is 72.8 Å². The molecule has 5 heteroatoms. The lowest BCUT2D eigenvalue weighted by Crippen LogP contribution is -2.38. The molecule has 0 aliphatic carbocycles. The molecule has 5 nitrogen and oxygen atoms in total. The van der Waals surface area contributed by atoms with E-state index in [1.807, 2.05) is 0 Å². The molecular weight excluding hydrogens is 188 g/mol. The lowest BCUT2D eigenvalue weighted by molar-refractivity contribution is -0.156. The minimum atomic E-state index is -0.965. The molecule has 1 N–H and O–H groups in total. The van der Waals surface area contributed by atoms with Gasteiger partial charge in [0.2, 0.25) is 0 Å². The highest BCUT2D eigenvalue weighted by Crippen LogP contribution is 2.43. The monoisotopic (exact) mass is 200 g/mol. The van der Waals surface area contributed by atoms with Gasteiger partial charge in [-0.2, -0.15) is 0 Å². The Balaban J connectivity index is 2.21. The zero-order valence-electron chi connectivity index (χ0n) is 7.80. The normalized spacial score (nSPS) is 39.8. The van der Waals surface area contributed by atoms with Crippen LogP contribution in [0.4, 0.5) is 0 Å². The van der Waals surface area contributed by atoms with Crippen LogP contribution in [0.1, 0.15) is 12.8 Å². The van der Waals surface area contributed by atoms with Crippen molar-refractivity contribution in [1.82, 2.24) is 0 Å². The SMILES string of the molecule is COC(=O)[C@@H]1[C@H]2CCC(O2)[C@@H]1C(=O)O. The number of ether oxygens (including phenoxy) is 2. The zero-order valence-corrected chi connectivity index (χ0v) is 7.80. The van der Waals surface area contributed by atoms with Gasteiger partial charge in [0.05, 0.1) is 31.2 Å². The molecule has 0 radical (unpaired) electrons. The summed E-state index contributed by atoms with van der Waals surface area (Å²) in [6, 6.07) is 0. The number of hydrogen-bond acceptors (Lipinski definition) is 4. The largest absolute Gasteiger partial charge is 0.481 e. The van der Waals surface area contributed by atoms with Gasteiger partial charge < -0.3 is 14.6 Å². The molecule has 0 spiro atoms. The van der Waals surface area contributed by atoms with Gasteiger partial charge in [-0.1, -0.05) is 0 Å². The van der Waals surface area contributed by atoms with Gasteiger partial charge in [-0.15, -0.1) is 0 Å². The zero-order chi connectivity index (χ0) is 10.3. The number of methoxy groups -OCH3 is 1. The third kappa shape index (κ3) is 1.19. The second kappa shape index (κ2) is 3.24. The number of carboxylic acid groups (broad SMARTS) is 1. The van der Waals surface area contributed by atoms with E-state index in [2.05, 4.69) is 4.74 Å². The summed E-state index contributed by atoms with van der Waals surface area (Å²) in [5.74, 6) is -2.77. The van der Waals surface area contributed by atoms with Gasteiger partial charge in [0.1, 0.15) is 0 Å². The molecule has 2 saturated heterocycles. The van der Waals surface area contributed by atoms with Crippen LogP contribution in [-0.2, 0) is 19.1 Å². The number of hydrogen-bond donors (Lipinski definition) is 1. The standard InChI is InChI=1S/C9H12O5/c1-13-9(12)7-5-3-2-4(14-5)6(7)8(10)11/h4-7H,2-3H2,1H3,(H,10,11)/t4?,5-,6+,7-/m1/s1. The van der Waals surface area contributed by atoms with Crippen molar-refractivity contribution >= 4 is 11.9 Å². The van der Waals surface area contributed by atoms with Gasteiger partial charge in [0.25, 0.3) is 0 Å². The molecule has 2 aliphatic rings. The van der Waals surface area contributed by atoms with E-state index in [9.17, 15) is 9.59 Å². The fourth-order valence-electron chi connectivity index (χ4n) is 2.43. The molecule has 0 aromatic heterocycles. The molecule has 1 unspecified atom stereocenters. The van der Waals surface area contributed by atoms with E-state index in [4.69, 9.17) is 9.84 Å². The Morgan fingerprint density at radius 3 is 2.36 bits per heavy atom. The summed E-state index contributed by atoms with van der Waals surface area (Å²) >= 11 is 0. The van der Waals surface area contributed by atoms with Crippen molar-refractivity contribution in [3.05, 3.63) is 0 Å². The summed E-state index contributed by atoms with van der Waals surface area (Å²) in [6.45, 7) is 0. The summed E-state index contributed by atoms with van der Waals surface area (Å²) in [4.78, 5) is 22.3. The number of fused-ring (bicyclic) bond motifs is 2. The van der Waals surface area contributed by atoms with E-state index in [0.29, 0.717) is 0 Å². The minimum absolute atomic E-state index is 0.256. The molecule has 2 bridgehead atoms. The van der Waals surface area contributed by atoms with Crippen LogP contribution in [0.3, 0.4) is 0 Å². The molecular formula is C9H12O5. The number of esters is 1. The van der Waals surface area contributed by atoms with Crippen LogP contribution in [0, 0.1) is 11.8 Å². The maximum atomic E-state index is 11.4. The molecule has 2 aliphatic heterocycles. The van der Waals surface area contributed by atoms with E-state index in [0.717, 1.165) is 12.8 Å². The Bertz CT molecular complexity index is 274. The van der Waals surface area contributed by atoms with E-state index in [1.54, 1.807) is 0 Å². The van der Waals surface area contributed by atoms with Crippen molar-refractivity contribution in [2.75, 3.05) is 7.11 Å². The van der Waals surface area contributed by atoms with Crippen molar-refractivity contribution in [2.24, 2.45) is 11.8 Å². The van der Waals surface area contributed by atoms with Crippen molar-refractivity contribution in [2.45, 2.75) is 25.0 Å². The van der Waals surface area contributed by atoms with Gasteiger partial charge >= 0.3 is 11.9 Å². The maximum absolute atomic E-state index is 11.4. The number of rotatable bonds is 2. The smallest absolute Gasteiger partial charge is 0.312 e. The molecule has 14 heavy (non-hydrogen) atoms. The average Bonchev–Trinajstić information content (AvgIpc) is 2.74. The molecule has 2 fully saturated rings. The second-order valence-electron chi connectivity index (χ2n) is 3.70. The van der Waals surface area contributed by atoms with Crippen LogP contribution in [0.2, 0.25) is 0 Å². The summed E-state index contributed by atoms with van der Waals surface area (Å²) in [5, 5.41) is 8.96. The lowest BCUT2D eigenvalue weighted by Gasteiger charge is -2.22. The Morgan fingerprint density at radius 2 is 1.86 bits per heavy atom. The molecule has 0 aromatic carbocycles. The van der Waals surface area contributed by atoms with Crippen molar-refractivity contribution < 1.29 is 24.2 Å². The van der Waals surface area contributed by atoms with Crippen LogP contribution in [0.5, 0.6) is 0 Å². The highest BCUT2D eigenvalue weighted by Gasteiger charge is 2.56. The first-order valence-electron chi connectivity index (χ1n) is 4.61. The van der Waals surface area contributed by atoms with Crippen LogP contribution >= 0.6 is 0 Å². The summed E-state index contributed by atoms with van der Waals surface area (Å²) in [5.41, 5.74) is 0. The predicted molar refractivity (Wildman–Crippen MR) is 44.5 cm³/mol. The quantitative estimate of drug-likeness (QED) is 0.637. The highest BCUT2D eigenvalue weighted by molar-refractivity contribution is 5.83. The maximum Gasteiger partial charge on any atom is 0.312 e. The van der Waals surface area contributed by atoms with E-state index >= 15 is 0 Å². The molecule has 78 valence electrons. The first kappa shape index (κ1) is 9.45. The summed E-state index contributed by atoms with van der Waals surface area (Å²) in [6.07, 6.45) is 0.929. The van der Waals surface area contributed by atoms with Crippen molar-refractivity contribution in [1.29, 1.82) is 0 Å². The molecule has 0 aromatic rings. The molecule has 2 rings (SSSR count). The van der Waals surface area contributed by atoms with Crippen LogP contribution in [-0.4, -0.2) is 36.4 Å². The number of carbonyl (C=O) groups excluding carboxylic acids is 1.